The molecule has 1 N–H and O–H groups in total. The first-order valence-corrected chi connectivity index (χ1v) is 9.70. The molecule has 2 heterocycles. The first-order chi connectivity index (χ1) is 13.3. The van der Waals surface area contributed by atoms with Crippen LogP contribution in [0.1, 0.15) is 6.42 Å². The number of nitrogens with one attached hydrogen (secondary N) is 1. The van der Waals surface area contributed by atoms with Gasteiger partial charge < -0.3 is 10.2 Å². The minimum absolute atomic E-state index is 0.0537. The molecule has 0 bridgehead atoms. The van der Waals surface area contributed by atoms with Crippen molar-refractivity contribution >= 4 is 0 Å². The summed E-state index contributed by atoms with van der Waals surface area (Å²) in [6, 6.07) is 22.0. The van der Waals surface area contributed by atoms with Crippen LogP contribution in [0.2, 0.25) is 0 Å². The van der Waals surface area contributed by atoms with E-state index in [9.17, 15) is 4.79 Å². The van der Waals surface area contributed by atoms with E-state index in [4.69, 9.17) is 0 Å². The minimum atomic E-state index is 0.0537. The fraction of sp³-hybridized carbons (Fsp3) is 0.318. The van der Waals surface area contributed by atoms with Gasteiger partial charge in [0, 0.05) is 50.9 Å². The quantitative estimate of drug-likeness (QED) is 0.733. The number of para-hydroxylation sites is 1. The Kier molecular flexibility index (Phi) is 5.51. The SMILES string of the molecule is O=c1cc(-c2ccccc2)n(-c2ccccc2)n1CCCN1CCNCC1. The fourth-order valence-electron chi connectivity index (χ4n) is 3.73. The molecular weight excluding hydrogens is 336 g/mol. The molecule has 5 heteroatoms. The van der Waals surface area contributed by atoms with Crippen LogP contribution in [0.25, 0.3) is 16.9 Å². The summed E-state index contributed by atoms with van der Waals surface area (Å²) in [5.41, 5.74) is 3.06. The van der Waals surface area contributed by atoms with Crippen LogP contribution in [0.4, 0.5) is 0 Å². The number of aromatic nitrogens is 2. The lowest BCUT2D eigenvalue weighted by Crippen LogP contribution is -2.44. The van der Waals surface area contributed by atoms with Gasteiger partial charge in [0.05, 0.1) is 11.4 Å². The molecule has 1 aliphatic rings. The number of piperazine rings is 1. The Balaban J connectivity index is 1.64. The smallest absolute Gasteiger partial charge is 0.267 e. The third-order valence-corrected chi connectivity index (χ3v) is 5.11. The first-order valence-electron chi connectivity index (χ1n) is 9.70. The lowest BCUT2D eigenvalue weighted by molar-refractivity contribution is 0.232. The fourth-order valence-corrected chi connectivity index (χ4v) is 3.73. The Morgan fingerprint density at radius 3 is 2.22 bits per heavy atom. The van der Waals surface area contributed by atoms with Crippen LogP contribution in [-0.2, 0) is 6.54 Å². The van der Waals surface area contributed by atoms with Crippen molar-refractivity contribution in [2.75, 3.05) is 32.7 Å². The summed E-state index contributed by atoms with van der Waals surface area (Å²) in [5.74, 6) is 0. The molecule has 0 saturated carbocycles. The summed E-state index contributed by atoms with van der Waals surface area (Å²) in [7, 11) is 0. The van der Waals surface area contributed by atoms with Crippen molar-refractivity contribution in [2.24, 2.45) is 0 Å². The van der Waals surface area contributed by atoms with Crippen LogP contribution in [0.3, 0.4) is 0 Å². The van der Waals surface area contributed by atoms with Crippen molar-refractivity contribution in [1.29, 1.82) is 0 Å². The van der Waals surface area contributed by atoms with E-state index in [1.807, 2.05) is 41.1 Å². The molecule has 0 aliphatic carbocycles. The number of hydrogen-bond donors (Lipinski definition) is 1. The molecule has 0 radical (unpaired) electrons. The van der Waals surface area contributed by atoms with Gasteiger partial charge in [-0.2, -0.15) is 0 Å². The van der Waals surface area contributed by atoms with E-state index in [2.05, 4.69) is 39.2 Å². The van der Waals surface area contributed by atoms with Crippen LogP contribution in [0.15, 0.2) is 71.5 Å². The van der Waals surface area contributed by atoms with Crippen molar-refractivity contribution in [3.8, 4) is 16.9 Å². The van der Waals surface area contributed by atoms with Crippen molar-refractivity contribution in [3.05, 3.63) is 77.1 Å². The van der Waals surface area contributed by atoms with Gasteiger partial charge in [-0.25, -0.2) is 4.68 Å². The Labute approximate surface area is 159 Å². The lowest BCUT2D eigenvalue weighted by Gasteiger charge is -2.27. The molecule has 0 atom stereocenters. The van der Waals surface area contributed by atoms with Gasteiger partial charge in [-0.15, -0.1) is 0 Å². The molecule has 140 valence electrons. The molecular formula is C22H26N4O. The Bertz CT molecular complexity index is 908. The minimum Gasteiger partial charge on any atom is -0.314 e. The van der Waals surface area contributed by atoms with Gasteiger partial charge in [0.2, 0.25) is 0 Å². The molecule has 0 amide bonds. The van der Waals surface area contributed by atoms with Crippen molar-refractivity contribution in [1.82, 2.24) is 19.6 Å². The van der Waals surface area contributed by atoms with Gasteiger partial charge in [0.1, 0.15) is 0 Å². The summed E-state index contributed by atoms with van der Waals surface area (Å²) >= 11 is 0. The maximum absolute atomic E-state index is 12.8. The van der Waals surface area contributed by atoms with Crippen LogP contribution >= 0.6 is 0 Å². The number of benzene rings is 2. The van der Waals surface area contributed by atoms with Crippen LogP contribution in [-0.4, -0.2) is 47.0 Å². The van der Waals surface area contributed by atoms with Crippen molar-refractivity contribution < 1.29 is 0 Å². The highest BCUT2D eigenvalue weighted by molar-refractivity contribution is 5.61. The second kappa shape index (κ2) is 8.37. The van der Waals surface area contributed by atoms with Crippen molar-refractivity contribution in [3.63, 3.8) is 0 Å². The Hall–Kier alpha value is -2.63. The van der Waals surface area contributed by atoms with Crippen LogP contribution in [0, 0.1) is 0 Å². The van der Waals surface area contributed by atoms with E-state index >= 15 is 0 Å². The van der Waals surface area contributed by atoms with E-state index in [0.717, 1.165) is 56.1 Å². The second-order valence-corrected chi connectivity index (χ2v) is 6.95. The Morgan fingerprint density at radius 2 is 1.52 bits per heavy atom. The number of nitrogens with zero attached hydrogens (tertiary/aromatic N) is 3. The predicted molar refractivity (Wildman–Crippen MR) is 109 cm³/mol. The molecule has 4 rings (SSSR count). The summed E-state index contributed by atoms with van der Waals surface area (Å²) < 4.78 is 3.94. The number of hydrogen-bond acceptors (Lipinski definition) is 3. The first kappa shape index (κ1) is 17.8. The third-order valence-electron chi connectivity index (χ3n) is 5.11. The molecule has 1 aliphatic heterocycles. The van der Waals surface area contributed by atoms with E-state index in [1.165, 1.54) is 0 Å². The maximum Gasteiger partial charge on any atom is 0.267 e. The van der Waals surface area contributed by atoms with E-state index in [0.29, 0.717) is 6.54 Å². The van der Waals surface area contributed by atoms with Crippen molar-refractivity contribution in [2.45, 2.75) is 13.0 Å². The number of rotatable bonds is 6. The zero-order valence-corrected chi connectivity index (χ0v) is 15.6. The highest BCUT2D eigenvalue weighted by Gasteiger charge is 2.15. The molecule has 3 aromatic rings. The molecule has 1 saturated heterocycles. The summed E-state index contributed by atoms with van der Waals surface area (Å²) in [4.78, 5) is 15.3. The van der Waals surface area contributed by atoms with E-state index in [1.54, 1.807) is 6.07 Å². The predicted octanol–water partition coefficient (Wildman–Crippen LogP) is 2.60. The lowest BCUT2D eigenvalue weighted by atomic mass is 10.1. The zero-order chi connectivity index (χ0) is 18.5. The van der Waals surface area contributed by atoms with Gasteiger partial charge in [-0.05, 0) is 18.6 Å². The summed E-state index contributed by atoms with van der Waals surface area (Å²) in [6.45, 7) is 6.02. The molecule has 0 unspecified atom stereocenters. The highest BCUT2D eigenvalue weighted by Crippen LogP contribution is 2.22. The Morgan fingerprint density at radius 1 is 0.852 bits per heavy atom. The summed E-state index contributed by atoms with van der Waals surface area (Å²) in [6.07, 6.45) is 0.963. The molecule has 27 heavy (non-hydrogen) atoms. The largest absolute Gasteiger partial charge is 0.314 e. The zero-order valence-electron chi connectivity index (χ0n) is 15.6. The monoisotopic (exact) mass is 362 g/mol. The van der Waals surface area contributed by atoms with E-state index in [-0.39, 0.29) is 5.56 Å². The second-order valence-electron chi connectivity index (χ2n) is 6.95. The molecule has 5 nitrogen and oxygen atoms in total. The average Bonchev–Trinajstić information content (AvgIpc) is 3.06. The van der Waals surface area contributed by atoms with Gasteiger partial charge in [0.25, 0.3) is 5.56 Å². The molecule has 0 spiro atoms. The molecule has 1 fully saturated rings. The third kappa shape index (κ3) is 4.04. The normalized spacial score (nSPS) is 15.1. The molecule has 1 aromatic heterocycles. The van der Waals surface area contributed by atoms with Crippen LogP contribution < -0.4 is 10.9 Å². The van der Waals surface area contributed by atoms with E-state index < -0.39 is 0 Å². The summed E-state index contributed by atoms with van der Waals surface area (Å²) in [5, 5.41) is 3.38. The van der Waals surface area contributed by atoms with Gasteiger partial charge in [-0.3, -0.25) is 9.48 Å². The van der Waals surface area contributed by atoms with Gasteiger partial charge in [0.15, 0.2) is 0 Å². The van der Waals surface area contributed by atoms with Gasteiger partial charge >= 0.3 is 0 Å². The average molecular weight is 362 g/mol. The standard InChI is InChI=1S/C22H26N4O/c27-22-18-21(19-8-3-1-4-9-19)26(20-10-5-2-6-11-20)25(22)15-7-14-24-16-12-23-13-17-24/h1-6,8-11,18,23H,7,12-17H2. The topological polar surface area (TPSA) is 42.2 Å². The molecule has 2 aromatic carbocycles. The van der Waals surface area contributed by atoms with Gasteiger partial charge in [-0.1, -0.05) is 48.5 Å². The highest BCUT2D eigenvalue weighted by atomic mass is 16.1. The van der Waals surface area contributed by atoms with Crippen LogP contribution in [0.5, 0.6) is 0 Å². The maximum atomic E-state index is 12.8.